The Hall–Kier alpha value is -1.91. The van der Waals surface area contributed by atoms with Crippen LogP contribution in [0.25, 0.3) is 0 Å². The molecule has 1 aromatic heterocycles. The highest BCUT2D eigenvalue weighted by Crippen LogP contribution is 2.25. The highest BCUT2D eigenvalue weighted by Gasteiger charge is 2.16. The van der Waals surface area contributed by atoms with Crippen LogP contribution in [0.3, 0.4) is 0 Å². The van der Waals surface area contributed by atoms with Crippen molar-refractivity contribution in [3.63, 3.8) is 0 Å². The lowest BCUT2D eigenvalue weighted by atomic mass is 9.96. The average Bonchev–Trinajstić information content (AvgIpc) is 2.74. The van der Waals surface area contributed by atoms with Crippen molar-refractivity contribution in [2.24, 2.45) is 5.92 Å². The van der Waals surface area contributed by atoms with Gasteiger partial charge in [0.25, 0.3) is 0 Å². The molecule has 1 saturated carbocycles. The molecule has 1 aliphatic rings. The molecule has 0 spiro atoms. The topological polar surface area (TPSA) is 79.3 Å². The zero-order chi connectivity index (χ0) is 15.1. The van der Waals surface area contributed by atoms with Crippen molar-refractivity contribution in [2.75, 3.05) is 0 Å². The van der Waals surface area contributed by atoms with Gasteiger partial charge in [-0.2, -0.15) is 0 Å². The van der Waals surface area contributed by atoms with Crippen molar-refractivity contribution in [1.82, 2.24) is 10.3 Å². The molecule has 5 nitrogen and oxygen atoms in total. The van der Waals surface area contributed by atoms with Gasteiger partial charge in [0.05, 0.1) is 17.8 Å². The summed E-state index contributed by atoms with van der Waals surface area (Å²) in [5.74, 6) is -0.460. The summed E-state index contributed by atoms with van der Waals surface area (Å²) in [5, 5.41) is 11.8. The lowest BCUT2D eigenvalue weighted by molar-refractivity contribution is -0.122. The maximum Gasteiger partial charge on any atom is 0.335 e. The molecule has 0 saturated heterocycles. The minimum Gasteiger partial charge on any atom is -0.478 e. The van der Waals surface area contributed by atoms with E-state index < -0.39 is 5.97 Å². The molecule has 2 rings (SSSR count). The van der Waals surface area contributed by atoms with E-state index in [0.717, 1.165) is 12.8 Å². The molecule has 1 aromatic rings. The Bertz CT molecular complexity index is 494. The van der Waals surface area contributed by atoms with Crippen LogP contribution in [0, 0.1) is 5.92 Å². The molecule has 0 bridgehead atoms. The van der Waals surface area contributed by atoms with E-state index in [0.29, 0.717) is 18.0 Å². The Labute approximate surface area is 124 Å². The molecule has 1 fully saturated rings. The van der Waals surface area contributed by atoms with E-state index in [-0.39, 0.29) is 18.0 Å². The highest BCUT2D eigenvalue weighted by atomic mass is 16.4. The number of aromatic carboxylic acids is 1. The fourth-order valence-corrected chi connectivity index (χ4v) is 2.80. The predicted molar refractivity (Wildman–Crippen MR) is 78.9 cm³/mol. The number of rotatable bonds is 5. The normalized spacial score (nSPS) is 16.2. The van der Waals surface area contributed by atoms with Crippen LogP contribution in [0.15, 0.2) is 18.3 Å². The lowest BCUT2D eigenvalue weighted by Gasteiger charge is -2.13. The molecule has 1 aliphatic carbocycles. The molecule has 0 radical (unpaired) electrons. The van der Waals surface area contributed by atoms with Gasteiger partial charge in [-0.1, -0.05) is 25.7 Å². The number of amides is 1. The molecule has 114 valence electrons. The Morgan fingerprint density at radius 1 is 1.24 bits per heavy atom. The summed E-state index contributed by atoms with van der Waals surface area (Å²) < 4.78 is 0. The molecular formula is C16H22N2O3. The van der Waals surface area contributed by atoms with Gasteiger partial charge in [-0.15, -0.1) is 0 Å². The van der Waals surface area contributed by atoms with Crippen LogP contribution in [0.1, 0.15) is 61.0 Å². The monoisotopic (exact) mass is 290 g/mol. The molecule has 2 N–H and O–H groups in total. The van der Waals surface area contributed by atoms with Crippen molar-refractivity contribution < 1.29 is 14.7 Å². The van der Waals surface area contributed by atoms with Gasteiger partial charge in [0.15, 0.2) is 0 Å². The van der Waals surface area contributed by atoms with Crippen molar-refractivity contribution in [3.05, 3.63) is 29.6 Å². The number of hydrogen-bond acceptors (Lipinski definition) is 3. The molecule has 0 aromatic carbocycles. The Morgan fingerprint density at radius 2 is 1.95 bits per heavy atom. The van der Waals surface area contributed by atoms with Crippen LogP contribution in [0.2, 0.25) is 0 Å². The second kappa shape index (κ2) is 7.76. The van der Waals surface area contributed by atoms with Crippen LogP contribution >= 0.6 is 0 Å². The summed E-state index contributed by atoms with van der Waals surface area (Å²) in [6.45, 7) is 0.284. The van der Waals surface area contributed by atoms with Gasteiger partial charge in [-0.05, 0) is 30.9 Å². The number of carboxylic acid groups (broad SMARTS) is 1. The first-order valence-corrected chi connectivity index (χ1v) is 7.60. The third-order valence-electron chi connectivity index (χ3n) is 3.98. The van der Waals surface area contributed by atoms with E-state index >= 15 is 0 Å². The fourth-order valence-electron chi connectivity index (χ4n) is 2.80. The van der Waals surface area contributed by atoms with Gasteiger partial charge < -0.3 is 10.4 Å². The Morgan fingerprint density at radius 3 is 2.62 bits per heavy atom. The van der Waals surface area contributed by atoms with Gasteiger partial charge >= 0.3 is 5.97 Å². The lowest BCUT2D eigenvalue weighted by Crippen LogP contribution is -2.25. The number of nitrogens with zero attached hydrogens (tertiary/aromatic N) is 1. The van der Waals surface area contributed by atoms with Crippen molar-refractivity contribution >= 4 is 11.9 Å². The molecule has 1 amide bonds. The standard InChI is InChI=1S/C16H22N2O3/c19-15(9-12-5-3-1-2-4-6-12)18-11-14-10-13(16(20)21)7-8-17-14/h7-8,10,12H,1-6,9,11H2,(H,18,19)(H,20,21). The Balaban J connectivity index is 1.80. The second-order valence-corrected chi connectivity index (χ2v) is 5.68. The molecule has 0 unspecified atom stereocenters. The zero-order valence-corrected chi connectivity index (χ0v) is 12.2. The number of hydrogen-bond donors (Lipinski definition) is 2. The van der Waals surface area contributed by atoms with Gasteiger partial charge in [0.2, 0.25) is 5.91 Å². The van der Waals surface area contributed by atoms with Gasteiger partial charge in [-0.25, -0.2) is 4.79 Å². The van der Waals surface area contributed by atoms with E-state index in [4.69, 9.17) is 5.11 Å². The van der Waals surface area contributed by atoms with Crippen molar-refractivity contribution in [2.45, 2.75) is 51.5 Å². The third kappa shape index (κ3) is 5.17. The van der Waals surface area contributed by atoms with Crippen LogP contribution in [0.4, 0.5) is 0 Å². The molecule has 0 aliphatic heterocycles. The van der Waals surface area contributed by atoms with E-state index in [1.165, 1.54) is 44.0 Å². The maximum atomic E-state index is 12.0. The van der Waals surface area contributed by atoms with E-state index in [1.807, 2.05) is 0 Å². The minimum atomic E-state index is -0.983. The predicted octanol–water partition coefficient (Wildman–Crippen LogP) is 2.76. The number of carbonyl (C=O) groups excluding carboxylic acids is 1. The average molecular weight is 290 g/mol. The van der Waals surface area contributed by atoms with Gasteiger partial charge in [0, 0.05) is 12.6 Å². The molecule has 1 heterocycles. The summed E-state index contributed by atoms with van der Waals surface area (Å²) in [7, 11) is 0. The van der Waals surface area contributed by atoms with Crippen LogP contribution < -0.4 is 5.32 Å². The Kier molecular flexibility index (Phi) is 5.72. The smallest absolute Gasteiger partial charge is 0.335 e. The molecule has 5 heteroatoms. The number of aromatic nitrogens is 1. The van der Waals surface area contributed by atoms with Gasteiger partial charge in [0.1, 0.15) is 0 Å². The second-order valence-electron chi connectivity index (χ2n) is 5.68. The largest absolute Gasteiger partial charge is 0.478 e. The molecular weight excluding hydrogens is 268 g/mol. The quantitative estimate of drug-likeness (QED) is 0.817. The minimum absolute atomic E-state index is 0.0319. The highest BCUT2D eigenvalue weighted by molar-refractivity contribution is 5.87. The molecule has 21 heavy (non-hydrogen) atoms. The molecule has 0 atom stereocenters. The summed E-state index contributed by atoms with van der Waals surface area (Å²) in [5.41, 5.74) is 0.766. The van der Waals surface area contributed by atoms with Crippen molar-refractivity contribution in [3.8, 4) is 0 Å². The maximum absolute atomic E-state index is 12.0. The van der Waals surface area contributed by atoms with Crippen LogP contribution in [-0.2, 0) is 11.3 Å². The van der Waals surface area contributed by atoms with Crippen LogP contribution in [0.5, 0.6) is 0 Å². The van der Waals surface area contributed by atoms with Crippen LogP contribution in [-0.4, -0.2) is 22.0 Å². The number of pyridine rings is 1. The number of carboxylic acids is 1. The van der Waals surface area contributed by atoms with E-state index in [2.05, 4.69) is 10.3 Å². The SMILES string of the molecule is O=C(CC1CCCCCC1)NCc1cc(C(=O)O)ccn1. The first-order valence-electron chi connectivity index (χ1n) is 7.60. The summed E-state index contributed by atoms with van der Waals surface area (Å²) >= 11 is 0. The van der Waals surface area contributed by atoms with Gasteiger partial charge in [-0.3, -0.25) is 9.78 Å². The first kappa shape index (κ1) is 15.5. The van der Waals surface area contributed by atoms with E-state index in [1.54, 1.807) is 0 Å². The summed E-state index contributed by atoms with van der Waals surface area (Å²) in [6, 6.07) is 2.94. The van der Waals surface area contributed by atoms with E-state index in [9.17, 15) is 9.59 Å². The fraction of sp³-hybridized carbons (Fsp3) is 0.562. The number of nitrogens with one attached hydrogen (secondary N) is 1. The number of carbonyl (C=O) groups is 2. The zero-order valence-electron chi connectivity index (χ0n) is 12.2. The first-order chi connectivity index (χ1) is 10.1. The summed E-state index contributed by atoms with van der Waals surface area (Å²) in [4.78, 5) is 26.9. The third-order valence-corrected chi connectivity index (χ3v) is 3.98. The van der Waals surface area contributed by atoms with Crippen molar-refractivity contribution in [1.29, 1.82) is 0 Å². The summed E-state index contributed by atoms with van der Waals surface area (Å²) in [6.07, 6.45) is 9.31.